The number of nitrogens with zero attached hydrogens (tertiary/aromatic N) is 1. The monoisotopic (exact) mass is 692 g/mol. The highest BCUT2D eigenvalue weighted by Crippen LogP contribution is 2.18. The second-order valence-corrected chi connectivity index (χ2v) is 14.3. The van der Waals surface area contributed by atoms with Crippen molar-refractivity contribution in [1.82, 2.24) is 4.90 Å². The molecule has 0 amide bonds. The number of esters is 2. The lowest BCUT2D eigenvalue weighted by Crippen LogP contribution is -2.27. The maximum atomic E-state index is 12.7. The van der Waals surface area contributed by atoms with Gasteiger partial charge in [-0.05, 0) is 77.3 Å². The van der Waals surface area contributed by atoms with Crippen molar-refractivity contribution in [3.63, 3.8) is 0 Å². The first-order valence-corrected chi connectivity index (χ1v) is 21.2. The Morgan fingerprint density at radius 3 is 1.51 bits per heavy atom. The number of aliphatic hydroxyl groups excluding tert-OH is 1. The van der Waals surface area contributed by atoms with Gasteiger partial charge in [-0.1, -0.05) is 142 Å². The van der Waals surface area contributed by atoms with E-state index in [-0.39, 0.29) is 31.3 Å². The summed E-state index contributed by atoms with van der Waals surface area (Å²) in [7, 11) is 0. The molecular formula is C43H81NO5. The quantitative estimate of drug-likeness (QED) is 0.0397. The second-order valence-electron chi connectivity index (χ2n) is 14.3. The van der Waals surface area contributed by atoms with E-state index < -0.39 is 0 Å². The zero-order chi connectivity index (χ0) is 35.9. The number of aliphatic hydroxyl groups is 1. The predicted octanol–water partition coefficient (Wildman–Crippen LogP) is 11.5. The molecule has 49 heavy (non-hydrogen) atoms. The molecule has 0 unspecified atom stereocenters. The smallest absolute Gasteiger partial charge is 0.306 e. The molecule has 0 saturated heterocycles. The van der Waals surface area contributed by atoms with Crippen LogP contribution < -0.4 is 0 Å². The van der Waals surface area contributed by atoms with Crippen LogP contribution >= 0.6 is 0 Å². The summed E-state index contributed by atoms with van der Waals surface area (Å²) in [5.41, 5.74) is 0. The van der Waals surface area contributed by atoms with Crippen molar-refractivity contribution in [3.8, 4) is 11.8 Å². The lowest BCUT2D eigenvalue weighted by atomic mass is 10.0. The molecule has 0 aliphatic heterocycles. The van der Waals surface area contributed by atoms with Gasteiger partial charge in [0.2, 0.25) is 0 Å². The molecule has 6 nitrogen and oxygen atoms in total. The average molecular weight is 692 g/mol. The summed E-state index contributed by atoms with van der Waals surface area (Å²) in [5.74, 6) is 5.85. The van der Waals surface area contributed by atoms with Crippen LogP contribution in [0.2, 0.25) is 0 Å². The van der Waals surface area contributed by atoms with Crippen LogP contribution in [0.4, 0.5) is 0 Å². The van der Waals surface area contributed by atoms with Crippen LogP contribution in [0, 0.1) is 11.8 Å². The first-order valence-electron chi connectivity index (χ1n) is 21.2. The summed E-state index contributed by atoms with van der Waals surface area (Å²) in [4.78, 5) is 27.0. The lowest BCUT2D eigenvalue weighted by Gasteiger charge is -2.22. The van der Waals surface area contributed by atoms with E-state index in [1.165, 1.54) is 96.3 Å². The van der Waals surface area contributed by atoms with Gasteiger partial charge in [-0.25, -0.2) is 0 Å². The lowest BCUT2D eigenvalue weighted by molar-refractivity contribution is -0.150. The molecule has 0 fully saturated rings. The van der Waals surface area contributed by atoms with E-state index in [4.69, 9.17) is 9.47 Å². The molecule has 0 aromatic heterocycles. The van der Waals surface area contributed by atoms with Crippen molar-refractivity contribution in [2.24, 2.45) is 0 Å². The minimum absolute atomic E-state index is 0.0140. The Morgan fingerprint density at radius 1 is 0.531 bits per heavy atom. The maximum absolute atomic E-state index is 12.7. The zero-order valence-electron chi connectivity index (χ0n) is 32.9. The van der Waals surface area contributed by atoms with Gasteiger partial charge in [0.1, 0.15) is 6.10 Å². The second kappa shape index (κ2) is 39.2. The fourth-order valence-corrected chi connectivity index (χ4v) is 6.30. The summed E-state index contributed by atoms with van der Waals surface area (Å²) in [6.45, 7) is 10.2. The van der Waals surface area contributed by atoms with Crippen LogP contribution in [0.1, 0.15) is 213 Å². The fourth-order valence-electron chi connectivity index (χ4n) is 6.30. The van der Waals surface area contributed by atoms with Gasteiger partial charge in [0, 0.05) is 32.4 Å². The molecule has 0 atom stereocenters. The number of rotatable bonds is 37. The van der Waals surface area contributed by atoms with Crippen molar-refractivity contribution in [3.05, 3.63) is 0 Å². The van der Waals surface area contributed by atoms with Crippen molar-refractivity contribution in [2.75, 3.05) is 32.8 Å². The number of unbranched alkanes of at least 4 members (excludes halogenated alkanes) is 20. The van der Waals surface area contributed by atoms with Crippen molar-refractivity contribution in [1.29, 1.82) is 0 Å². The third kappa shape index (κ3) is 36.0. The molecule has 1 N–H and O–H groups in total. The van der Waals surface area contributed by atoms with Crippen LogP contribution in [-0.4, -0.2) is 60.9 Å². The third-order valence-electron chi connectivity index (χ3n) is 9.49. The summed E-state index contributed by atoms with van der Waals surface area (Å²) < 4.78 is 11.2. The fraction of sp³-hybridized carbons (Fsp3) is 0.907. The molecule has 0 aliphatic rings. The van der Waals surface area contributed by atoms with Crippen LogP contribution in [-0.2, 0) is 19.1 Å². The summed E-state index contributed by atoms with van der Waals surface area (Å²) in [6, 6.07) is 0. The Hall–Kier alpha value is -1.58. The van der Waals surface area contributed by atoms with Crippen molar-refractivity contribution in [2.45, 2.75) is 219 Å². The Morgan fingerprint density at radius 2 is 0.980 bits per heavy atom. The first-order chi connectivity index (χ1) is 24.1. The van der Waals surface area contributed by atoms with Gasteiger partial charge in [0.15, 0.2) is 6.61 Å². The highest BCUT2D eigenvalue weighted by atomic mass is 16.5. The van der Waals surface area contributed by atoms with E-state index in [1.807, 2.05) is 0 Å². The van der Waals surface area contributed by atoms with Crippen LogP contribution in [0.5, 0.6) is 0 Å². The van der Waals surface area contributed by atoms with E-state index in [2.05, 4.69) is 37.5 Å². The minimum Gasteiger partial charge on any atom is -0.462 e. The molecule has 0 aliphatic carbocycles. The van der Waals surface area contributed by atoms with Crippen molar-refractivity contribution < 1.29 is 24.2 Å². The SMILES string of the molecule is CCCCC#CCOC(=O)CCCCCCCN(CCCO)CCCCCCCC(=O)OC(CCCCCCCC)CCCCCCCC. The average Bonchev–Trinajstić information content (AvgIpc) is 3.10. The highest BCUT2D eigenvalue weighted by molar-refractivity contribution is 5.69. The van der Waals surface area contributed by atoms with Gasteiger partial charge in [0.25, 0.3) is 0 Å². The number of hydrogen-bond acceptors (Lipinski definition) is 6. The number of ether oxygens (including phenoxy) is 2. The first kappa shape index (κ1) is 47.4. The normalized spacial score (nSPS) is 11.2. The van der Waals surface area contributed by atoms with Crippen LogP contribution in [0.3, 0.4) is 0 Å². The highest BCUT2D eigenvalue weighted by Gasteiger charge is 2.14. The van der Waals surface area contributed by atoms with Gasteiger partial charge < -0.3 is 19.5 Å². The van der Waals surface area contributed by atoms with Gasteiger partial charge >= 0.3 is 11.9 Å². The Balaban J connectivity index is 4.09. The molecule has 0 heterocycles. The van der Waals surface area contributed by atoms with Gasteiger partial charge in [-0.2, -0.15) is 0 Å². The standard InChI is InChI=1S/C43H81NO5/c1-4-7-10-13-17-24-32-41(33-25-18-14-11-8-5-2)49-43(47)35-27-20-16-22-29-37-44(38-31-39-45)36-28-21-15-19-26-34-42(46)48-40-30-23-12-9-6-3/h41,45H,4-22,24-29,31-40H2,1-3H3. The molecule has 0 radical (unpaired) electrons. The van der Waals surface area contributed by atoms with E-state index in [9.17, 15) is 14.7 Å². The van der Waals surface area contributed by atoms with Gasteiger partial charge in [-0.15, -0.1) is 0 Å². The molecule has 288 valence electrons. The largest absolute Gasteiger partial charge is 0.462 e. The summed E-state index contributed by atoms with van der Waals surface area (Å²) >= 11 is 0. The van der Waals surface area contributed by atoms with Gasteiger partial charge in [-0.3, -0.25) is 9.59 Å². The summed E-state index contributed by atoms with van der Waals surface area (Å²) in [5, 5.41) is 9.35. The maximum Gasteiger partial charge on any atom is 0.306 e. The van der Waals surface area contributed by atoms with Crippen LogP contribution in [0.15, 0.2) is 0 Å². The third-order valence-corrected chi connectivity index (χ3v) is 9.49. The van der Waals surface area contributed by atoms with E-state index in [0.717, 1.165) is 103 Å². The van der Waals surface area contributed by atoms with Crippen molar-refractivity contribution >= 4 is 11.9 Å². The zero-order valence-corrected chi connectivity index (χ0v) is 32.9. The predicted molar refractivity (Wildman–Crippen MR) is 208 cm³/mol. The summed E-state index contributed by atoms with van der Waals surface area (Å²) in [6.07, 6.45) is 33.5. The molecule has 0 spiro atoms. The number of carbonyl (C=O) groups is 2. The molecular weight excluding hydrogens is 610 g/mol. The van der Waals surface area contributed by atoms with E-state index >= 15 is 0 Å². The number of hydrogen-bond donors (Lipinski definition) is 1. The van der Waals surface area contributed by atoms with Gasteiger partial charge in [0.05, 0.1) is 0 Å². The number of carbonyl (C=O) groups excluding carboxylic acids is 2. The Labute approximate surface area is 304 Å². The molecule has 0 aromatic carbocycles. The molecule has 0 saturated carbocycles. The Kier molecular flexibility index (Phi) is 37.9. The minimum atomic E-state index is -0.133. The molecule has 0 bridgehead atoms. The van der Waals surface area contributed by atoms with E-state index in [1.54, 1.807) is 0 Å². The van der Waals surface area contributed by atoms with E-state index in [0.29, 0.717) is 12.8 Å². The molecule has 0 rings (SSSR count). The molecule has 6 heteroatoms. The topological polar surface area (TPSA) is 76.1 Å². The molecule has 0 aromatic rings. The van der Waals surface area contributed by atoms with Crippen LogP contribution in [0.25, 0.3) is 0 Å². The Bertz CT molecular complexity index is 760.